The molecule has 0 spiro atoms. The van der Waals surface area contributed by atoms with Crippen LogP contribution in [0.1, 0.15) is 33.2 Å². The van der Waals surface area contributed by atoms with Crippen LogP contribution in [-0.4, -0.2) is 57.7 Å². The minimum Gasteiger partial charge on any atom is -0.345 e. The number of nitrogens with one attached hydrogen (secondary N) is 1. The lowest BCUT2D eigenvalue weighted by Gasteiger charge is -2.21. The maximum absolute atomic E-state index is 12.8. The molecule has 0 saturated heterocycles. The van der Waals surface area contributed by atoms with Gasteiger partial charge in [0.1, 0.15) is 0 Å². The van der Waals surface area contributed by atoms with Gasteiger partial charge in [-0.05, 0) is 55.9 Å². The predicted octanol–water partition coefficient (Wildman–Crippen LogP) is 1.96. The van der Waals surface area contributed by atoms with Crippen molar-refractivity contribution in [1.82, 2.24) is 14.5 Å². The van der Waals surface area contributed by atoms with Crippen molar-refractivity contribution in [1.29, 1.82) is 0 Å². The minimum absolute atomic E-state index is 0.0772. The Morgan fingerprint density at radius 2 is 1.39 bits per heavy atom. The van der Waals surface area contributed by atoms with Crippen molar-refractivity contribution in [3.63, 3.8) is 0 Å². The molecule has 0 aliphatic heterocycles. The maximum Gasteiger partial charge on any atom is 0.254 e. The van der Waals surface area contributed by atoms with E-state index in [-0.39, 0.29) is 16.7 Å². The largest absolute Gasteiger partial charge is 0.345 e. The van der Waals surface area contributed by atoms with Gasteiger partial charge < -0.3 is 9.80 Å². The van der Waals surface area contributed by atoms with E-state index >= 15 is 0 Å². The van der Waals surface area contributed by atoms with E-state index < -0.39 is 10.0 Å². The molecule has 0 fully saturated rings. The lowest BCUT2D eigenvalue weighted by molar-refractivity contribution is 0.0751. The van der Waals surface area contributed by atoms with E-state index in [4.69, 9.17) is 0 Å². The fourth-order valence-electron chi connectivity index (χ4n) is 2.64. The van der Waals surface area contributed by atoms with Crippen molar-refractivity contribution in [3.05, 3.63) is 65.2 Å². The summed E-state index contributed by atoms with van der Waals surface area (Å²) in [6.45, 7) is 2.76. The molecule has 0 aromatic heterocycles. The van der Waals surface area contributed by atoms with E-state index in [2.05, 4.69) is 4.72 Å². The number of nitrogens with zero attached hydrogens (tertiary/aromatic N) is 2. The lowest BCUT2D eigenvalue weighted by atomic mass is 10.1. The number of sulfonamides is 1. The number of hydrogen-bond donors (Lipinski definition) is 1. The van der Waals surface area contributed by atoms with Crippen LogP contribution in [0.3, 0.4) is 0 Å². The molecule has 0 bridgehead atoms. The monoisotopic (exact) mass is 403 g/mol. The summed E-state index contributed by atoms with van der Waals surface area (Å²) in [6.07, 6.45) is 0. The van der Waals surface area contributed by atoms with Crippen molar-refractivity contribution < 1.29 is 18.0 Å². The van der Waals surface area contributed by atoms with Crippen LogP contribution in [0.4, 0.5) is 0 Å². The van der Waals surface area contributed by atoms with Crippen LogP contribution < -0.4 is 4.72 Å². The quantitative estimate of drug-likeness (QED) is 0.766. The summed E-state index contributed by atoms with van der Waals surface area (Å²) in [5.41, 5.74) is 1.90. The first-order valence-electron chi connectivity index (χ1n) is 8.83. The molecule has 2 rings (SSSR count). The first-order chi connectivity index (χ1) is 13.2. The standard InChI is InChI=1S/C20H25N3O4S/c1-5-23(14-15-6-8-16(9-7-15)19(24)22(3)4)20(25)17-10-12-18(13-11-17)28(26,27)21-2/h6-13,21H,5,14H2,1-4H3. The molecular formula is C20H25N3O4S. The average Bonchev–Trinajstić information content (AvgIpc) is 2.71. The highest BCUT2D eigenvalue weighted by Crippen LogP contribution is 2.15. The molecule has 0 radical (unpaired) electrons. The Morgan fingerprint density at radius 1 is 0.893 bits per heavy atom. The highest BCUT2D eigenvalue weighted by molar-refractivity contribution is 7.89. The highest BCUT2D eigenvalue weighted by atomic mass is 32.2. The molecule has 150 valence electrons. The van der Waals surface area contributed by atoms with Crippen LogP contribution in [-0.2, 0) is 16.6 Å². The number of carbonyl (C=O) groups excluding carboxylic acids is 2. The van der Waals surface area contributed by atoms with E-state index in [1.807, 2.05) is 19.1 Å². The fraction of sp³-hybridized carbons (Fsp3) is 0.300. The normalized spacial score (nSPS) is 11.1. The predicted molar refractivity (Wildman–Crippen MR) is 108 cm³/mol. The zero-order valence-electron chi connectivity index (χ0n) is 16.5. The number of amides is 2. The summed E-state index contributed by atoms with van der Waals surface area (Å²) < 4.78 is 25.8. The highest BCUT2D eigenvalue weighted by Gasteiger charge is 2.17. The van der Waals surface area contributed by atoms with Gasteiger partial charge in [-0.2, -0.15) is 0 Å². The molecule has 0 saturated carbocycles. The second kappa shape index (κ2) is 8.99. The molecule has 7 nitrogen and oxygen atoms in total. The zero-order chi connectivity index (χ0) is 20.9. The molecule has 0 aliphatic carbocycles. The molecule has 1 N–H and O–H groups in total. The molecule has 8 heteroatoms. The van der Waals surface area contributed by atoms with Gasteiger partial charge in [-0.15, -0.1) is 0 Å². The number of benzene rings is 2. The topological polar surface area (TPSA) is 86.8 Å². The average molecular weight is 404 g/mol. The Labute approximate surface area is 166 Å². The molecule has 0 atom stereocenters. The van der Waals surface area contributed by atoms with E-state index in [0.717, 1.165) is 5.56 Å². The molecule has 2 aromatic carbocycles. The van der Waals surface area contributed by atoms with Crippen molar-refractivity contribution in [2.75, 3.05) is 27.7 Å². The van der Waals surface area contributed by atoms with Gasteiger partial charge in [-0.25, -0.2) is 13.1 Å². The molecule has 2 amide bonds. The van der Waals surface area contributed by atoms with E-state index in [9.17, 15) is 18.0 Å². The number of rotatable bonds is 7. The minimum atomic E-state index is -3.54. The van der Waals surface area contributed by atoms with Gasteiger partial charge in [0.05, 0.1) is 4.90 Å². The second-order valence-electron chi connectivity index (χ2n) is 6.45. The summed E-state index contributed by atoms with van der Waals surface area (Å²) in [5.74, 6) is -0.268. The van der Waals surface area contributed by atoms with Crippen molar-refractivity contribution in [2.24, 2.45) is 0 Å². The Balaban J connectivity index is 2.14. The SMILES string of the molecule is CCN(Cc1ccc(C(=O)N(C)C)cc1)C(=O)c1ccc(S(=O)(=O)NC)cc1. The molecule has 0 unspecified atom stereocenters. The van der Waals surface area contributed by atoms with Gasteiger partial charge in [0.25, 0.3) is 11.8 Å². The first kappa shape index (κ1) is 21.6. The van der Waals surface area contributed by atoms with Crippen molar-refractivity contribution in [2.45, 2.75) is 18.4 Å². The third-order valence-corrected chi connectivity index (χ3v) is 5.76. The van der Waals surface area contributed by atoms with Gasteiger partial charge in [-0.3, -0.25) is 9.59 Å². The van der Waals surface area contributed by atoms with Crippen LogP contribution in [0.2, 0.25) is 0 Å². The van der Waals surface area contributed by atoms with Gasteiger partial charge in [-0.1, -0.05) is 12.1 Å². The summed E-state index contributed by atoms with van der Waals surface area (Å²) in [4.78, 5) is 28.0. The number of carbonyl (C=O) groups is 2. The van der Waals surface area contributed by atoms with Crippen LogP contribution in [0.5, 0.6) is 0 Å². The molecular weight excluding hydrogens is 378 g/mol. The van der Waals surface area contributed by atoms with Crippen LogP contribution >= 0.6 is 0 Å². The van der Waals surface area contributed by atoms with Crippen LogP contribution in [0.25, 0.3) is 0 Å². The van der Waals surface area contributed by atoms with Gasteiger partial charge >= 0.3 is 0 Å². The van der Waals surface area contributed by atoms with Crippen molar-refractivity contribution >= 4 is 21.8 Å². The first-order valence-corrected chi connectivity index (χ1v) is 10.3. The van der Waals surface area contributed by atoms with Crippen LogP contribution in [0, 0.1) is 0 Å². The van der Waals surface area contributed by atoms with Gasteiger partial charge in [0.2, 0.25) is 10.0 Å². The Kier molecular flexibility index (Phi) is 6.93. The summed E-state index contributed by atoms with van der Waals surface area (Å²) >= 11 is 0. The Morgan fingerprint density at radius 3 is 1.86 bits per heavy atom. The van der Waals surface area contributed by atoms with Gasteiger partial charge in [0, 0.05) is 38.3 Å². The third kappa shape index (κ3) is 4.96. The fourth-order valence-corrected chi connectivity index (χ4v) is 3.37. The molecule has 0 aliphatic rings. The van der Waals surface area contributed by atoms with Gasteiger partial charge in [0.15, 0.2) is 0 Å². The summed E-state index contributed by atoms with van der Waals surface area (Å²) in [5, 5.41) is 0. The zero-order valence-corrected chi connectivity index (χ0v) is 17.3. The number of hydrogen-bond acceptors (Lipinski definition) is 4. The Hall–Kier alpha value is -2.71. The Bertz CT molecular complexity index is 936. The smallest absolute Gasteiger partial charge is 0.254 e. The lowest BCUT2D eigenvalue weighted by Crippen LogP contribution is -2.30. The van der Waals surface area contributed by atoms with E-state index in [1.54, 1.807) is 31.1 Å². The molecule has 28 heavy (non-hydrogen) atoms. The van der Waals surface area contributed by atoms with Crippen LogP contribution in [0.15, 0.2) is 53.4 Å². The molecule has 0 heterocycles. The summed E-state index contributed by atoms with van der Waals surface area (Å²) in [7, 11) is 1.19. The van der Waals surface area contributed by atoms with E-state index in [1.165, 1.54) is 36.2 Å². The summed E-state index contributed by atoms with van der Waals surface area (Å²) in [6, 6.07) is 13.0. The molecule has 2 aromatic rings. The second-order valence-corrected chi connectivity index (χ2v) is 8.33. The maximum atomic E-state index is 12.8. The van der Waals surface area contributed by atoms with E-state index in [0.29, 0.717) is 24.2 Å². The third-order valence-electron chi connectivity index (χ3n) is 4.33. The van der Waals surface area contributed by atoms with Crippen molar-refractivity contribution in [3.8, 4) is 0 Å².